The Labute approximate surface area is 133 Å². The number of esters is 1. The molecule has 0 bridgehead atoms. The van der Waals surface area contributed by atoms with Gasteiger partial charge in [-0.05, 0) is 40.0 Å². The Kier molecular flexibility index (Phi) is 5.84. The maximum Gasteiger partial charge on any atom is 0.306 e. The lowest BCUT2D eigenvalue weighted by Crippen LogP contribution is -2.63. The van der Waals surface area contributed by atoms with Crippen LogP contribution >= 0.6 is 0 Å². The molecule has 2 saturated carbocycles. The van der Waals surface area contributed by atoms with E-state index in [4.69, 9.17) is 9.47 Å². The summed E-state index contributed by atoms with van der Waals surface area (Å²) in [5.41, 5.74) is 0.0979. The van der Waals surface area contributed by atoms with Gasteiger partial charge in [-0.2, -0.15) is 0 Å². The van der Waals surface area contributed by atoms with E-state index in [9.17, 15) is 9.59 Å². The molecular weight excluding hydrogens is 282 g/mol. The van der Waals surface area contributed by atoms with Gasteiger partial charge in [-0.25, -0.2) is 0 Å². The Morgan fingerprint density at radius 2 is 1.95 bits per heavy atom. The Bertz CT molecular complexity index is 403. The summed E-state index contributed by atoms with van der Waals surface area (Å²) < 4.78 is 11.4. The number of rotatable bonds is 8. The molecule has 5 nitrogen and oxygen atoms in total. The minimum atomic E-state index is -0.177. The topological polar surface area (TPSA) is 64.6 Å². The number of carbonyl (C=O) groups is 2. The summed E-state index contributed by atoms with van der Waals surface area (Å²) in [4.78, 5) is 23.5. The zero-order valence-electron chi connectivity index (χ0n) is 14.0. The van der Waals surface area contributed by atoms with Crippen molar-refractivity contribution in [1.29, 1.82) is 0 Å². The summed E-state index contributed by atoms with van der Waals surface area (Å²) >= 11 is 0. The first kappa shape index (κ1) is 17.3. The van der Waals surface area contributed by atoms with Crippen LogP contribution in [0.4, 0.5) is 0 Å². The van der Waals surface area contributed by atoms with Gasteiger partial charge in [-0.1, -0.05) is 6.42 Å². The van der Waals surface area contributed by atoms with Crippen LogP contribution in [0, 0.1) is 5.41 Å². The van der Waals surface area contributed by atoms with Crippen LogP contribution in [0.25, 0.3) is 0 Å². The highest BCUT2D eigenvalue weighted by atomic mass is 16.6. The molecule has 5 heteroatoms. The highest BCUT2D eigenvalue weighted by Crippen LogP contribution is 2.58. The normalized spacial score (nSPS) is 25.5. The average molecular weight is 311 g/mol. The predicted molar refractivity (Wildman–Crippen MR) is 83.3 cm³/mol. The minimum absolute atomic E-state index is 0.00156. The van der Waals surface area contributed by atoms with Crippen molar-refractivity contribution in [3.8, 4) is 0 Å². The first-order valence-corrected chi connectivity index (χ1v) is 8.58. The molecule has 2 atom stereocenters. The van der Waals surface area contributed by atoms with Gasteiger partial charge >= 0.3 is 5.97 Å². The standard InChI is InChI=1S/C17H29NO4/c1-4-21-13-11-14(17(13)9-6-10-17)22-16(20)8-5-7-15(19)18-12(2)3/h12-14H,4-11H2,1-3H3,(H,18,19)/t13-,14-/m0/s1. The molecule has 0 heterocycles. The van der Waals surface area contributed by atoms with Crippen LogP contribution in [-0.4, -0.2) is 36.7 Å². The predicted octanol–water partition coefficient (Wildman–Crippen LogP) is 2.57. The average Bonchev–Trinajstić information content (AvgIpc) is 2.34. The van der Waals surface area contributed by atoms with Crippen LogP contribution in [-0.2, 0) is 19.1 Å². The highest BCUT2D eigenvalue weighted by molar-refractivity contribution is 5.77. The maximum atomic E-state index is 11.9. The van der Waals surface area contributed by atoms with Crippen LogP contribution in [0.15, 0.2) is 0 Å². The van der Waals surface area contributed by atoms with Crippen molar-refractivity contribution in [2.45, 2.75) is 84.0 Å². The fourth-order valence-electron chi connectivity index (χ4n) is 3.55. The Hall–Kier alpha value is -1.10. The van der Waals surface area contributed by atoms with Gasteiger partial charge in [0.1, 0.15) is 6.10 Å². The third-order valence-electron chi connectivity index (χ3n) is 4.87. The second kappa shape index (κ2) is 7.44. The molecular formula is C17H29NO4. The van der Waals surface area contributed by atoms with E-state index in [1.807, 2.05) is 20.8 Å². The Balaban J connectivity index is 1.67. The van der Waals surface area contributed by atoms with E-state index >= 15 is 0 Å². The van der Waals surface area contributed by atoms with Gasteiger partial charge in [0, 0.05) is 37.3 Å². The summed E-state index contributed by atoms with van der Waals surface area (Å²) in [6.45, 7) is 6.58. The van der Waals surface area contributed by atoms with Gasteiger partial charge in [0.15, 0.2) is 0 Å². The number of amides is 1. The summed E-state index contributed by atoms with van der Waals surface area (Å²) in [7, 11) is 0. The van der Waals surface area contributed by atoms with E-state index in [0.717, 1.165) is 25.9 Å². The van der Waals surface area contributed by atoms with Crippen LogP contribution in [0.5, 0.6) is 0 Å². The van der Waals surface area contributed by atoms with Crippen molar-refractivity contribution in [2.75, 3.05) is 6.61 Å². The molecule has 0 aromatic heterocycles. The van der Waals surface area contributed by atoms with Gasteiger partial charge in [0.2, 0.25) is 5.91 Å². The van der Waals surface area contributed by atoms with Gasteiger partial charge < -0.3 is 14.8 Å². The lowest BCUT2D eigenvalue weighted by molar-refractivity contribution is -0.238. The third kappa shape index (κ3) is 3.80. The minimum Gasteiger partial charge on any atom is -0.462 e. The molecule has 1 spiro atoms. The zero-order valence-corrected chi connectivity index (χ0v) is 14.0. The van der Waals surface area contributed by atoms with Gasteiger partial charge in [0.05, 0.1) is 6.10 Å². The fourth-order valence-corrected chi connectivity index (χ4v) is 3.55. The summed E-state index contributed by atoms with van der Waals surface area (Å²) in [6.07, 6.45) is 5.77. The molecule has 2 aliphatic carbocycles. The smallest absolute Gasteiger partial charge is 0.306 e. The van der Waals surface area contributed by atoms with Crippen LogP contribution in [0.2, 0.25) is 0 Å². The molecule has 0 radical (unpaired) electrons. The van der Waals surface area contributed by atoms with E-state index in [1.54, 1.807) is 0 Å². The monoisotopic (exact) mass is 311 g/mol. The summed E-state index contributed by atoms with van der Waals surface area (Å²) in [5.74, 6) is -0.179. The Morgan fingerprint density at radius 1 is 1.23 bits per heavy atom. The van der Waals surface area contributed by atoms with Crippen molar-refractivity contribution in [3.05, 3.63) is 0 Å². The third-order valence-corrected chi connectivity index (χ3v) is 4.87. The summed E-state index contributed by atoms with van der Waals surface area (Å²) in [5, 5.41) is 2.82. The second-order valence-corrected chi connectivity index (χ2v) is 6.82. The number of ether oxygens (including phenoxy) is 2. The summed E-state index contributed by atoms with van der Waals surface area (Å²) in [6, 6.07) is 0.142. The van der Waals surface area contributed by atoms with Crippen molar-refractivity contribution in [2.24, 2.45) is 5.41 Å². The molecule has 2 fully saturated rings. The van der Waals surface area contributed by atoms with E-state index in [-0.39, 0.29) is 35.5 Å². The molecule has 1 N–H and O–H groups in total. The van der Waals surface area contributed by atoms with Crippen LogP contribution < -0.4 is 5.32 Å². The fraction of sp³-hybridized carbons (Fsp3) is 0.882. The lowest BCUT2D eigenvalue weighted by Gasteiger charge is -2.59. The number of carbonyl (C=O) groups excluding carboxylic acids is 2. The highest BCUT2D eigenvalue weighted by Gasteiger charge is 2.60. The first-order valence-electron chi connectivity index (χ1n) is 8.58. The molecule has 0 aliphatic heterocycles. The van der Waals surface area contributed by atoms with Gasteiger partial charge in [-0.3, -0.25) is 9.59 Å². The molecule has 0 unspecified atom stereocenters. The zero-order chi connectivity index (χ0) is 16.2. The number of hydrogen-bond acceptors (Lipinski definition) is 4. The van der Waals surface area contributed by atoms with Crippen molar-refractivity contribution < 1.29 is 19.1 Å². The lowest BCUT2D eigenvalue weighted by atomic mass is 9.52. The molecule has 0 aromatic carbocycles. The van der Waals surface area contributed by atoms with Gasteiger partial charge in [0.25, 0.3) is 0 Å². The first-order chi connectivity index (χ1) is 10.5. The van der Waals surface area contributed by atoms with Gasteiger partial charge in [-0.15, -0.1) is 0 Å². The second-order valence-electron chi connectivity index (χ2n) is 6.82. The molecule has 2 aliphatic rings. The van der Waals surface area contributed by atoms with E-state index < -0.39 is 0 Å². The molecule has 0 aromatic rings. The largest absolute Gasteiger partial charge is 0.462 e. The molecule has 0 saturated heterocycles. The number of nitrogens with one attached hydrogen (secondary N) is 1. The maximum absolute atomic E-state index is 11.9. The molecule has 2 rings (SSSR count). The molecule has 126 valence electrons. The van der Waals surface area contributed by atoms with E-state index in [2.05, 4.69) is 5.32 Å². The molecule has 1 amide bonds. The quantitative estimate of drug-likeness (QED) is 0.700. The van der Waals surface area contributed by atoms with Crippen molar-refractivity contribution >= 4 is 11.9 Å². The van der Waals surface area contributed by atoms with E-state index in [0.29, 0.717) is 19.3 Å². The van der Waals surface area contributed by atoms with Crippen molar-refractivity contribution in [3.63, 3.8) is 0 Å². The number of hydrogen-bond donors (Lipinski definition) is 1. The van der Waals surface area contributed by atoms with Crippen molar-refractivity contribution in [1.82, 2.24) is 5.32 Å². The Morgan fingerprint density at radius 3 is 2.50 bits per heavy atom. The van der Waals surface area contributed by atoms with Crippen LogP contribution in [0.3, 0.4) is 0 Å². The molecule has 22 heavy (non-hydrogen) atoms. The SMILES string of the molecule is CCO[C@H]1C[C@H](OC(=O)CCCC(=O)NC(C)C)C12CCC2. The van der Waals surface area contributed by atoms with Crippen LogP contribution in [0.1, 0.15) is 65.7 Å². The van der Waals surface area contributed by atoms with E-state index in [1.165, 1.54) is 6.42 Å².